The molecular weight excluding hydrogens is 396 g/mol. The van der Waals surface area contributed by atoms with Gasteiger partial charge in [0.2, 0.25) is 5.91 Å². The minimum Gasteiger partial charge on any atom is -0.325 e. The number of nitrogens with one attached hydrogen (secondary N) is 1. The Bertz CT molecular complexity index is 1180. The van der Waals surface area contributed by atoms with Gasteiger partial charge in [0.1, 0.15) is 15.7 Å². The van der Waals surface area contributed by atoms with E-state index < -0.39 is 0 Å². The van der Waals surface area contributed by atoms with Gasteiger partial charge < -0.3 is 5.32 Å². The molecule has 5 nitrogen and oxygen atoms in total. The number of hydrogen-bond acceptors (Lipinski definition) is 7. The summed E-state index contributed by atoms with van der Waals surface area (Å²) in [6, 6.07) is 5.81. The molecule has 1 aromatic carbocycles. The highest BCUT2D eigenvalue weighted by atomic mass is 32.2. The molecule has 0 fully saturated rings. The van der Waals surface area contributed by atoms with Crippen molar-refractivity contribution in [3.63, 3.8) is 0 Å². The average molecular weight is 415 g/mol. The fraction of sp³-hybridized carbons (Fsp3) is 0.263. The summed E-state index contributed by atoms with van der Waals surface area (Å²) >= 11 is 4.76. The standard InChI is InChI=1S/C19H18N4OS3/c1-9-10(2)26-19-17(9)18(20-11(3)21-19)25-8-16(24)23-13-5-6-14-15(7-13)27-12(4)22-14/h5-7H,8H2,1-4H3,(H,23,24). The second-order valence-electron chi connectivity index (χ2n) is 6.29. The predicted molar refractivity (Wildman–Crippen MR) is 115 cm³/mol. The van der Waals surface area contributed by atoms with E-state index in [9.17, 15) is 4.79 Å². The van der Waals surface area contributed by atoms with Crippen molar-refractivity contribution in [1.82, 2.24) is 15.0 Å². The monoisotopic (exact) mass is 414 g/mol. The minimum absolute atomic E-state index is 0.0467. The van der Waals surface area contributed by atoms with E-state index in [0.29, 0.717) is 5.75 Å². The molecule has 138 valence electrons. The van der Waals surface area contributed by atoms with Gasteiger partial charge in [-0.15, -0.1) is 22.7 Å². The molecule has 0 aliphatic rings. The number of carbonyl (C=O) groups excluding carboxylic acids is 1. The molecule has 0 radical (unpaired) electrons. The lowest BCUT2D eigenvalue weighted by Gasteiger charge is -2.07. The van der Waals surface area contributed by atoms with Gasteiger partial charge in [0.05, 0.1) is 21.0 Å². The first kappa shape index (κ1) is 18.3. The molecule has 0 aliphatic heterocycles. The van der Waals surface area contributed by atoms with Gasteiger partial charge in [0.15, 0.2) is 0 Å². The SMILES string of the molecule is Cc1nc(SCC(=O)Nc2ccc3nc(C)sc3c2)c2c(C)c(C)sc2n1. The van der Waals surface area contributed by atoms with Gasteiger partial charge in [-0.25, -0.2) is 15.0 Å². The van der Waals surface area contributed by atoms with E-state index in [-0.39, 0.29) is 5.91 Å². The molecule has 4 rings (SSSR count). The third-order valence-electron chi connectivity index (χ3n) is 4.23. The van der Waals surface area contributed by atoms with Crippen molar-refractivity contribution < 1.29 is 4.79 Å². The third-order valence-corrected chi connectivity index (χ3v) is 7.24. The van der Waals surface area contributed by atoms with E-state index in [2.05, 4.69) is 34.1 Å². The van der Waals surface area contributed by atoms with Crippen LogP contribution in [0.25, 0.3) is 20.4 Å². The Morgan fingerprint density at radius 2 is 1.93 bits per heavy atom. The summed E-state index contributed by atoms with van der Waals surface area (Å²) in [6.45, 7) is 8.05. The average Bonchev–Trinajstić information content (AvgIpc) is 3.11. The van der Waals surface area contributed by atoms with Crippen molar-refractivity contribution in [3.8, 4) is 0 Å². The number of rotatable bonds is 4. The van der Waals surface area contributed by atoms with Gasteiger partial charge in [-0.3, -0.25) is 4.79 Å². The van der Waals surface area contributed by atoms with Crippen LogP contribution in [0.5, 0.6) is 0 Å². The fourth-order valence-electron chi connectivity index (χ4n) is 2.87. The molecule has 0 saturated heterocycles. The van der Waals surface area contributed by atoms with Crippen LogP contribution >= 0.6 is 34.4 Å². The summed E-state index contributed by atoms with van der Waals surface area (Å²) < 4.78 is 1.08. The van der Waals surface area contributed by atoms with Crippen LogP contribution in [0.15, 0.2) is 23.2 Å². The second kappa shape index (κ2) is 7.18. The van der Waals surface area contributed by atoms with Crippen LogP contribution in [0.2, 0.25) is 0 Å². The molecule has 1 N–H and O–H groups in total. The number of aromatic nitrogens is 3. The number of thiophene rings is 1. The number of anilines is 1. The molecule has 3 aromatic heterocycles. The Morgan fingerprint density at radius 3 is 2.74 bits per heavy atom. The van der Waals surface area contributed by atoms with Crippen molar-refractivity contribution in [2.24, 2.45) is 0 Å². The Kier molecular flexibility index (Phi) is 4.88. The number of nitrogens with zero attached hydrogens (tertiary/aromatic N) is 3. The predicted octanol–water partition coefficient (Wildman–Crippen LogP) is 5.27. The van der Waals surface area contributed by atoms with E-state index in [1.54, 1.807) is 22.7 Å². The highest BCUT2D eigenvalue weighted by Crippen LogP contribution is 2.35. The highest BCUT2D eigenvalue weighted by molar-refractivity contribution is 8.00. The molecule has 0 unspecified atom stereocenters. The van der Waals surface area contributed by atoms with Crippen molar-refractivity contribution >= 4 is 66.5 Å². The molecule has 0 bridgehead atoms. The first-order chi connectivity index (χ1) is 12.9. The lowest BCUT2D eigenvalue weighted by Crippen LogP contribution is -2.14. The van der Waals surface area contributed by atoms with Gasteiger partial charge in [-0.05, 0) is 51.5 Å². The van der Waals surface area contributed by atoms with Crippen molar-refractivity contribution in [2.45, 2.75) is 32.7 Å². The van der Waals surface area contributed by atoms with Crippen LogP contribution < -0.4 is 5.32 Å². The summed E-state index contributed by atoms with van der Waals surface area (Å²) in [5.74, 6) is 0.992. The van der Waals surface area contributed by atoms with E-state index >= 15 is 0 Å². The van der Waals surface area contributed by atoms with Crippen molar-refractivity contribution in [3.05, 3.63) is 39.5 Å². The van der Waals surface area contributed by atoms with E-state index in [0.717, 1.165) is 42.0 Å². The number of fused-ring (bicyclic) bond motifs is 2. The lowest BCUT2D eigenvalue weighted by molar-refractivity contribution is -0.113. The largest absolute Gasteiger partial charge is 0.325 e. The van der Waals surface area contributed by atoms with Gasteiger partial charge in [0.25, 0.3) is 0 Å². The van der Waals surface area contributed by atoms with Crippen LogP contribution in [0.4, 0.5) is 5.69 Å². The highest BCUT2D eigenvalue weighted by Gasteiger charge is 2.15. The van der Waals surface area contributed by atoms with Crippen LogP contribution in [-0.4, -0.2) is 26.6 Å². The molecule has 0 atom stereocenters. The zero-order valence-corrected chi connectivity index (χ0v) is 17.9. The molecule has 0 saturated carbocycles. The summed E-state index contributed by atoms with van der Waals surface area (Å²) in [4.78, 5) is 28.2. The third kappa shape index (κ3) is 3.69. The first-order valence-electron chi connectivity index (χ1n) is 8.45. The molecule has 0 spiro atoms. The zero-order chi connectivity index (χ0) is 19.1. The van der Waals surface area contributed by atoms with Gasteiger partial charge >= 0.3 is 0 Å². The topological polar surface area (TPSA) is 67.8 Å². The number of hydrogen-bond donors (Lipinski definition) is 1. The quantitative estimate of drug-likeness (QED) is 0.364. The smallest absolute Gasteiger partial charge is 0.234 e. The first-order valence-corrected chi connectivity index (χ1v) is 11.1. The number of aryl methyl sites for hydroxylation is 4. The minimum atomic E-state index is -0.0467. The Labute approximate surface area is 169 Å². The summed E-state index contributed by atoms with van der Waals surface area (Å²) in [5, 5.41) is 5.95. The molecule has 0 aliphatic carbocycles. The Balaban J connectivity index is 1.51. The number of thioether (sulfide) groups is 1. The van der Waals surface area contributed by atoms with Crippen LogP contribution in [0.3, 0.4) is 0 Å². The van der Waals surface area contributed by atoms with Crippen LogP contribution in [-0.2, 0) is 4.79 Å². The maximum atomic E-state index is 12.5. The number of amides is 1. The fourth-order valence-corrected chi connectivity index (χ4v) is 5.80. The zero-order valence-electron chi connectivity index (χ0n) is 15.4. The second-order valence-corrected chi connectivity index (χ2v) is 9.69. The molecule has 8 heteroatoms. The summed E-state index contributed by atoms with van der Waals surface area (Å²) in [6.07, 6.45) is 0. The van der Waals surface area contributed by atoms with E-state index in [1.165, 1.54) is 22.2 Å². The van der Waals surface area contributed by atoms with Gasteiger partial charge in [0, 0.05) is 16.0 Å². The molecule has 27 heavy (non-hydrogen) atoms. The summed E-state index contributed by atoms with van der Waals surface area (Å²) in [5.41, 5.74) is 2.96. The van der Waals surface area contributed by atoms with Gasteiger partial charge in [-0.1, -0.05) is 11.8 Å². The molecule has 1 amide bonds. The van der Waals surface area contributed by atoms with E-state index in [1.807, 2.05) is 32.0 Å². The van der Waals surface area contributed by atoms with Crippen LogP contribution in [0, 0.1) is 27.7 Å². The Hall–Kier alpha value is -2.03. The maximum Gasteiger partial charge on any atom is 0.234 e. The number of carbonyl (C=O) groups is 1. The summed E-state index contributed by atoms with van der Waals surface area (Å²) in [7, 11) is 0. The van der Waals surface area contributed by atoms with E-state index in [4.69, 9.17) is 0 Å². The Morgan fingerprint density at radius 1 is 1.11 bits per heavy atom. The molecule has 4 aromatic rings. The number of thiazole rings is 1. The normalized spacial score (nSPS) is 11.4. The molecular formula is C19H18N4OS3. The maximum absolute atomic E-state index is 12.5. The van der Waals surface area contributed by atoms with Crippen LogP contribution in [0.1, 0.15) is 21.3 Å². The van der Waals surface area contributed by atoms with Crippen molar-refractivity contribution in [2.75, 3.05) is 11.1 Å². The lowest BCUT2D eigenvalue weighted by atomic mass is 10.2. The number of benzene rings is 1. The molecule has 3 heterocycles. The van der Waals surface area contributed by atoms with Crippen molar-refractivity contribution in [1.29, 1.82) is 0 Å². The van der Waals surface area contributed by atoms with Gasteiger partial charge in [-0.2, -0.15) is 0 Å².